The van der Waals surface area contributed by atoms with Gasteiger partial charge in [0.05, 0.1) is 5.69 Å². The molecule has 0 aliphatic carbocycles. The van der Waals surface area contributed by atoms with Gasteiger partial charge in [0, 0.05) is 38.3 Å². The van der Waals surface area contributed by atoms with Gasteiger partial charge in [-0.25, -0.2) is 0 Å². The van der Waals surface area contributed by atoms with Gasteiger partial charge in [0.1, 0.15) is 16.7 Å². The van der Waals surface area contributed by atoms with Crippen LogP contribution in [0.3, 0.4) is 0 Å². The molecule has 10 aromatic rings. The van der Waals surface area contributed by atoms with Crippen molar-refractivity contribution < 1.29 is 8.83 Å². The standard InChI is InChI=1S/C44H27NO2/c1-3-12-33-28(9-1)11-7-15-34(33)30-19-22-31(23-20-30)45(32-24-26-42-39(27-32)36-14-5-6-18-41(36)46-42)40-17-8-16-37-38-25-21-29-10-2-4-13-35(29)43(38)47-44(37)40/h1-27H. The summed E-state index contributed by atoms with van der Waals surface area (Å²) in [7, 11) is 0. The van der Waals surface area contributed by atoms with Gasteiger partial charge < -0.3 is 13.7 Å². The van der Waals surface area contributed by atoms with Crippen LogP contribution in [0.5, 0.6) is 0 Å². The lowest BCUT2D eigenvalue weighted by Crippen LogP contribution is -2.10. The number of hydrogen-bond donors (Lipinski definition) is 0. The lowest BCUT2D eigenvalue weighted by molar-refractivity contribution is 0.669. The second-order valence-electron chi connectivity index (χ2n) is 12.1. The molecule has 0 amide bonds. The van der Waals surface area contributed by atoms with E-state index in [1.165, 1.54) is 27.3 Å². The van der Waals surface area contributed by atoms with E-state index in [0.29, 0.717) is 0 Å². The highest BCUT2D eigenvalue weighted by molar-refractivity contribution is 6.17. The first kappa shape index (κ1) is 26.0. The zero-order valence-corrected chi connectivity index (χ0v) is 25.4. The second-order valence-corrected chi connectivity index (χ2v) is 12.1. The summed E-state index contributed by atoms with van der Waals surface area (Å²) in [5.74, 6) is 0. The third-order valence-electron chi connectivity index (χ3n) is 9.45. The van der Waals surface area contributed by atoms with E-state index in [-0.39, 0.29) is 0 Å². The summed E-state index contributed by atoms with van der Waals surface area (Å²) >= 11 is 0. The van der Waals surface area contributed by atoms with Crippen LogP contribution >= 0.6 is 0 Å². The van der Waals surface area contributed by atoms with Gasteiger partial charge in [-0.15, -0.1) is 0 Å². The first-order valence-corrected chi connectivity index (χ1v) is 15.9. The van der Waals surface area contributed by atoms with E-state index in [1.807, 2.05) is 12.1 Å². The van der Waals surface area contributed by atoms with Crippen LogP contribution in [0.15, 0.2) is 173 Å². The summed E-state index contributed by atoms with van der Waals surface area (Å²) in [6, 6.07) is 57.8. The third kappa shape index (κ3) is 4.00. The van der Waals surface area contributed by atoms with Crippen LogP contribution < -0.4 is 4.90 Å². The Morgan fingerprint density at radius 2 is 1.00 bits per heavy atom. The van der Waals surface area contributed by atoms with Gasteiger partial charge in [0.15, 0.2) is 5.58 Å². The molecule has 0 N–H and O–H groups in total. The van der Waals surface area contributed by atoms with Crippen LogP contribution in [0.25, 0.3) is 76.5 Å². The van der Waals surface area contributed by atoms with Crippen LogP contribution in [0, 0.1) is 0 Å². The van der Waals surface area contributed by atoms with Gasteiger partial charge in [0.2, 0.25) is 0 Å². The van der Waals surface area contributed by atoms with Crippen LogP contribution in [0.1, 0.15) is 0 Å². The first-order valence-electron chi connectivity index (χ1n) is 15.9. The Balaban J connectivity index is 1.21. The van der Waals surface area contributed by atoms with Gasteiger partial charge in [0.25, 0.3) is 0 Å². The zero-order valence-electron chi connectivity index (χ0n) is 25.4. The predicted molar refractivity (Wildman–Crippen MR) is 196 cm³/mol. The lowest BCUT2D eigenvalue weighted by atomic mass is 9.98. The van der Waals surface area contributed by atoms with Crippen molar-refractivity contribution in [3.05, 3.63) is 164 Å². The Kier molecular flexibility index (Phi) is 5.57. The topological polar surface area (TPSA) is 29.5 Å². The second kappa shape index (κ2) is 10.1. The van der Waals surface area contributed by atoms with Crippen molar-refractivity contribution in [2.45, 2.75) is 0 Å². The number of benzene rings is 8. The SMILES string of the molecule is c1ccc2c(-c3ccc(N(c4ccc5oc6ccccc6c5c4)c4cccc5c4oc4c6ccccc6ccc54)cc3)cccc2c1. The molecule has 0 radical (unpaired) electrons. The minimum absolute atomic E-state index is 0.856. The molecule has 0 spiro atoms. The Morgan fingerprint density at radius 1 is 0.362 bits per heavy atom. The fourth-order valence-corrected chi connectivity index (χ4v) is 7.23. The minimum atomic E-state index is 0.856. The van der Waals surface area contributed by atoms with Crippen LogP contribution in [-0.2, 0) is 0 Å². The summed E-state index contributed by atoms with van der Waals surface area (Å²) in [5.41, 5.74) is 8.97. The van der Waals surface area contributed by atoms with Crippen molar-refractivity contribution in [1.29, 1.82) is 0 Å². The number of fused-ring (bicyclic) bond motifs is 9. The Bertz CT molecular complexity index is 2800. The Hall–Kier alpha value is -6.32. The summed E-state index contributed by atoms with van der Waals surface area (Å²) in [5, 5.41) is 9.15. The molecular weight excluding hydrogens is 574 g/mol. The van der Waals surface area contributed by atoms with Gasteiger partial charge in [-0.3, -0.25) is 0 Å². The van der Waals surface area contributed by atoms with Crippen LogP contribution in [0.4, 0.5) is 17.1 Å². The van der Waals surface area contributed by atoms with E-state index in [0.717, 1.165) is 66.3 Å². The largest absolute Gasteiger partial charge is 0.456 e. The molecular formula is C44H27NO2. The van der Waals surface area contributed by atoms with Crippen molar-refractivity contribution in [2.24, 2.45) is 0 Å². The van der Waals surface area contributed by atoms with Crippen LogP contribution in [0.2, 0.25) is 0 Å². The number of furan rings is 2. The average Bonchev–Trinajstić information content (AvgIpc) is 3.71. The van der Waals surface area contributed by atoms with Crippen molar-refractivity contribution in [3.8, 4) is 11.1 Å². The molecule has 3 heteroatoms. The van der Waals surface area contributed by atoms with Crippen molar-refractivity contribution >= 4 is 82.5 Å². The highest BCUT2D eigenvalue weighted by atomic mass is 16.3. The summed E-state index contributed by atoms with van der Waals surface area (Å²) in [6.07, 6.45) is 0. The van der Waals surface area contributed by atoms with Crippen LogP contribution in [-0.4, -0.2) is 0 Å². The molecule has 0 aliphatic rings. The maximum absolute atomic E-state index is 6.84. The molecule has 220 valence electrons. The normalized spacial score (nSPS) is 11.8. The van der Waals surface area contributed by atoms with Crippen molar-refractivity contribution in [1.82, 2.24) is 0 Å². The number of hydrogen-bond acceptors (Lipinski definition) is 3. The molecule has 3 nitrogen and oxygen atoms in total. The molecule has 8 aromatic carbocycles. The molecule has 0 aliphatic heterocycles. The fraction of sp³-hybridized carbons (Fsp3) is 0. The summed E-state index contributed by atoms with van der Waals surface area (Å²) in [4.78, 5) is 2.31. The van der Waals surface area contributed by atoms with Gasteiger partial charge >= 0.3 is 0 Å². The van der Waals surface area contributed by atoms with Gasteiger partial charge in [-0.2, -0.15) is 0 Å². The highest BCUT2D eigenvalue weighted by Crippen LogP contribution is 2.45. The highest BCUT2D eigenvalue weighted by Gasteiger charge is 2.21. The van der Waals surface area contributed by atoms with Gasteiger partial charge in [-0.05, 0) is 75.8 Å². The average molecular weight is 602 g/mol. The number of para-hydroxylation sites is 2. The van der Waals surface area contributed by atoms with E-state index in [1.54, 1.807) is 0 Å². The molecule has 0 saturated carbocycles. The molecule has 0 atom stereocenters. The molecule has 0 saturated heterocycles. The van der Waals surface area contributed by atoms with Crippen molar-refractivity contribution in [3.63, 3.8) is 0 Å². The Morgan fingerprint density at radius 3 is 1.87 bits per heavy atom. The Labute approximate surface area is 270 Å². The zero-order chi connectivity index (χ0) is 30.9. The smallest absolute Gasteiger partial charge is 0.159 e. The summed E-state index contributed by atoms with van der Waals surface area (Å²) < 4.78 is 13.1. The van der Waals surface area contributed by atoms with Crippen molar-refractivity contribution in [2.75, 3.05) is 4.90 Å². The van der Waals surface area contributed by atoms with E-state index in [9.17, 15) is 0 Å². The number of rotatable bonds is 4. The maximum atomic E-state index is 6.84. The van der Waals surface area contributed by atoms with Gasteiger partial charge in [-0.1, -0.05) is 115 Å². The molecule has 0 fully saturated rings. The maximum Gasteiger partial charge on any atom is 0.159 e. The van der Waals surface area contributed by atoms with E-state index < -0.39 is 0 Å². The number of nitrogens with zero attached hydrogens (tertiary/aromatic N) is 1. The van der Waals surface area contributed by atoms with E-state index in [2.05, 4.69) is 157 Å². The fourth-order valence-electron chi connectivity index (χ4n) is 7.23. The predicted octanol–water partition coefficient (Wildman–Crippen LogP) is 12.9. The summed E-state index contributed by atoms with van der Waals surface area (Å²) in [6.45, 7) is 0. The molecule has 10 rings (SSSR count). The molecule has 47 heavy (non-hydrogen) atoms. The van der Waals surface area contributed by atoms with E-state index in [4.69, 9.17) is 8.83 Å². The molecule has 2 aromatic heterocycles. The molecule has 0 unspecified atom stereocenters. The first-order chi connectivity index (χ1) is 23.3. The quantitative estimate of drug-likeness (QED) is 0.201. The molecule has 2 heterocycles. The minimum Gasteiger partial charge on any atom is -0.456 e. The molecule has 0 bridgehead atoms. The monoisotopic (exact) mass is 601 g/mol. The number of anilines is 3. The third-order valence-corrected chi connectivity index (χ3v) is 9.45. The lowest BCUT2D eigenvalue weighted by Gasteiger charge is -2.26. The van der Waals surface area contributed by atoms with E-state index >= 15 is 0 Å².